The van der Waals surface area contributed by atoms with Gasteiger partial charge in [-0.2, -0.15) is 0 Å². The molecule has 1 N–H and O–H groups in total. The van der Waals surface area contributed by atoms with Gasteiger partial charge in [0.05, 0.1) is 6.10 Å². The zero-order valence-electron chi connectivity index (χ0n) is 10.6. The maximum absolute atomic E-state index is 9.15. The van der Waals surface area contributed by atoms with Gasteiger partial charge in [-0.25, -0.2) is 0 Å². The minimum absolute atomic E-state index is 0.162. The fourth-order valence-corrected chi connectivity index (χ4v) is 1.72. The van der Waals surface area contributed by atoms with Gasteiger partial charge in [0, 0.05) is 19.3 Å². The van der Waals surface area contributed by atoms with E-state index >= 15 is 0 Å². The summed E-state index contributed by atoms with van der Waals surface area (Å²) in [5.74, 6) is 0. The molecule has 1 unspecified atom stereocenters. The summed E-state index contributed by atoms with van der Waals surface area (Å²) in [5, 5.41) is 9.15. The Balaban J connectivity index is 2.29. The van der Waals surface area contributed by atoms with Crippen LogP contribution in [-0.2, 0) is 0 Å². The summed E-state index contributed by atoms with van der Waals surface area (Å²) in [6.07, 6.45) is 2.97. The van der Waals surface area contributed by atoms with Gasteiger partial charge in [-0.15, -0.1) is 0 Å². The summed E-state index contributed by atoms with van der Waals surface area (Å²) >= 11 is 0. The van der Waals surface area contributed by atoms with Gasteiger partial charge in [0.15, 0.2) is 0 Å². The van der Waals surface area contributed by atoms with E-state index in [9.17, 15) is 0 Å². The van der Waals surface area contributed by atoms with Crippen molar-refractivity contribution in [2.75, 3.05) is 18.5 Å². The number of nitrogens with zero attached hydrogens (tertiary/aromatic N) is 1. The van der Waals surface area contributed by atoms with E-state index in [-0.39, 0.29) is 6.10 Å². The van der Waals surface area contributed by atoms with Gasteiger partial charge in [0.1, 0.15) is 0 Å². The Kier molecular flexibility index (Phi) is 5.33. The topological polar surface area (TPSA) is 23.5 Å². The van der Waals surface area contributed by atoms with Gasteiger partial charge >= 0.3 is 0 Å². The Morgan fingerprint density at radius 2 is 1.81 bits per heavy atom. The molecule has 0 aliphatic rings. The van der Waals surface area contributed by atoms with Gasteiger partial charge in [-0.1, -0.05) is 17.7 Å². The van der Waals surface area contributed by atoms with Crippen LogP contribution >= 0.6 is 0 Å². The lowest BCUT2D eigenvalue weighted by atomic mass is 10.1. The molecular weight excluding hydrogens is 198 g/mol. The molecule has 2 nitrogen and oxygen atoms in total. The Labute approximate surface area is 98.9 Å². The summed E-state index contributed by atoms with van der Waals surface area (Å²) in [5.41, 5.74) is 2.56. The summed E-state index contributed by atoms with van der Waals surface area (Å²) in [6.45, 7) is 5.01. The predicted molar refractivity (Wildman–Crippen MR) is 70.0 cm³/mol. The third-order valence-corrected chi connectivity index (χ3v) is 2.84. The van der Waals surface area contributed by atoms with Gasteiger partial charge in [-0.05, 0) is 45.2 Å². The lowest BCUT2D eigenvalue weighted by Gasteiger charge is -2.19. The normalized spacial score (nSPS) is 12.5. The maximum Gasteiger partial charge on any atom is 0.0512 e. The zero-order valence-corrected chi connectivity index (χ0v) is 10.6. The second kappa shape index (κ2) is 6.54. The molecule has 1 aromatic carbocycles. The molecule has 90 valence electrons. The number of hydrogen-bond donors (Lipinski definition) is 1. The highest BCUT2D eigenvalue weighted by Crippen LogP contribution is 2.14. The first-order valence-corrected chi connectivity index (χ1v) is 6.05. The number of rotatable bonds is 6. The van der Waals surface area contributed by atoms with Crippen LogP contribution in [0.2, 0.25) is 0 Å². The first-order chi connectivity index (χ1) is 7.59. The van der Waals surface area contributed by atoms with Crippen molar-refractivity contribution >= 4 is 5.69 Å². The van der Waals surface area contributed by atoms with Crippen LogP contribution < -0.4 is 4.90 Å². The molecule has 2 heteroatoms. The molecule has 0 saturated heterocycles. The molecular formula is C14H23NO. The van der Waals surface area contributed by atoms with E-state index in [0.717, 1.165) is 25.8 Å². The van der Waals surface area contributed by atoms with Crippen molar-refractivity contribution < 1.29 is 5.11 Å². The van der Waals surface area contributed by atoms with Crippen molar-refractivity contribution in [2.24, 2.45) is 0 Å². The second-order valence-electron chi connectivity index (χ2n) is 4.60. The monoisotopic (exact) mass is 221 g/mol. The van der Waals surface area contributed by atoms with E-state index in [4.69, 9.17) is 5.11 Å². The van der Waals surface area contributed by atoms with E-state index in [2.05, 4.69) is 43.1 Å². The van der Waals surface area contributed by atoms with Crippen LogP contribution in [-0.4, -0.2) is 24.8 Å². The standard InChI is InChI=1S/C14H23NO/c1-12-7-9-14(10-8-12)15(3)11-5-4-6-13(2)16/h7-10,13,16H,4-6,11H2,1-3H3. The number of unbranched alkanes of at least 4 members (excludes halogenated alkanes) is 1. The molecule has 0 spiro atoms. The lowest BCUT2D eigenvalue weighted by molar-refractivity contribution is 0.181. The molecule has 0 bridgehead atoms. The maximum atomic E-state index is 9.15. The average molecular weight is 221 g/mol. The first kappa shape index (κ1) is 13.0. The third kappa shape index (κ3) is 4.67. The molecule has 0 heterocycles. The smallest absolute Gasteiger partial charge is 0.0512 e. The fraction of sp³-hybridized carbons (Fsp3) is 0.571. The van der Waals surface area contributed by atoms with Crippen LogP contribution in [0.4, 0.5) is 5.69 Å². The largest absolute Gasteiger partial charge is 0.393 e. The number of aliphatic hydroxyl groups excluding tert-OH is 1. The van der Waals surface area contributed by atoms with Gasteiger partial charge in [0.2, 0.25) is 0 Å². The fourth-order valence-electron chi connectivity index (χ4n) is 1.72. The van der Waals surface area contributed by atoms with Gasteiger partial charge in [0.25, 0.3) is 0 Å². The number of benzene rings is 1. The minimum Gasteiger partial charge on any atom is -0.393 e. The Bertz CT molecular complexity index is 292. The van der Waals surface area contributed by atoms with E-state index < -0.39 is 0 Å². The molecule has 1 rings (SSSR count). The van der Waals surface area contributed by atoms with Crippen LogP contribution in [0.5, 0.6) is 0 Å². The van der Waals surface area contributed by atoms with Crippen LogP contribution in [0, 0.1) is 6.92 Å². The molecule has 16 heavy (non-hydrogen) atoms. The average Bonchev–Trinajstić information content (AvgIpc) is 2.25. The molecule has 0 aromatic heterocycles. The molecule has 0 radical (unpaired) electrons. The summed E-state index contributed by atoms with van der Waals surface area (Å²) in [6, 6.07) is 8.59. The number of anilines is 1. The lowest BCUT2D eigenvalue weighted by Crippen LogP contribution is -2.18. The second-order valence-corrected chi connectivity index (χ2v) is 4.60. The highest BCUT2D eigenvalue weighted by Gasteiger charge is 2.01. The number of hydrogen-bond acceptors (Lipinski definition) is 2. The minimum atomic E-state index is -0.162. The molecule has 0 amide bonds. The van der Waals surface area contributed by atoms with Crippen molar-refractivity contribution in [1.82, 2.24) is 0 Å². The van der Waals surface area contributed by atoms with Gasteiger partial charge in [-0.3, -0.25) is 0 Å². The Morgan fingerprint density at radius 1 is 1.19 bits per heavy atom. The van der Waals surface area contributed by atoms with Crippen LogP contribution in [0.3, 0.4) is 0 Å². The molecule has 0 saturated carbocycles. The van der Waals surface area contributed by atoms with Crippen molar-refractivity contribution in [3.8, 4) is 0 Å². The molecule has 1 atom stereocenters. The summed E-state index contributed by atoms with van der Waals surface area (Å²) in [7, 11) is 2.12. The Morgan fingerprint density at radius 3 is 2.38 bits per heavy atom. The number of aryl methyl sites for hydroxylation is 1. The van der Waals surface area contributed by atoms with Crippen LogP contribution in [0.15, 0.2) is 24.3 Å². The van der Waals surface area contributed by atoms with Crippen LogP contribution in [0.25, 0.3) is 0 Å². The molecule has 1 aromatic rings. The summed E-state index contributed by atoms with van der Waals surface area (Å²) in [4.78, 5) is 2.27. The van der Waals surface area contributed by atoms with Crippen molar-refractivity contribution in [3.63, 3.8) is 0 Å². The predicted octanol–water partition coefficient (Wildman–Crippen LogP) is 2.98. The third-order valence-electron chi connectivity index (χ3n) is 2.84. The van der Waals surface area contributed by atoms with E-state index in [1.165, 1.54) is 11.3 Å². The zero-order chi connectivity index (χ0) is 12.0. The van der Waals surface area contributed by atoms with E-state index in [1.54, 1.807) is 0 Å². The highest BCUT2D eigenvalue weighted by molar-refractivity contribution is 5.46. The van der Waals surface area contributed by atoms with Crippen molar-refractivity contribution in [2.45, 2.75) is 39.2 Å². The van der Waals surface area contributed by atoms with E-state index in [0.29, 0.717) is 0 Å². The molecule has 0 aliphatic carbocycles. The summed E-state index contributed by atoms with van der Waals surface area (Å²) < 4.78 is 0. The van der Waals surface area contributed by atoms with Crippen molar-refractivity contribution in [3.05, 3.63) is 29.8 Å². The van der Waals surface area contributed by atoms with Gasteiger partial charge < -0.3 is 10.0 Å². The molecule has 0 aliphatic heterocycles. The van der Waals surface area contributed by atoms with Crippen molar-refractivity contribution in [1.29, 1.82) is 0 Å². The first-order valence-electron chi connectivity index (χ1n) is 6.05. The van der Waals surface area contributed by atoms with E-state index in [1.807, 2.05) is 6.92 Å². The quantitative estimate of drug-likeness (QED) is 0.746. The number of aliphatic hydroxyl groups is 1. The SMILES string of the molecule is Cc1ccc(N(C)CCCCC(C)O)cc1. The Hall–Kier alpha value is -1.02. The van der Waals surface area contributed by atoms with Crippen LogP contribution in [0.1, 0.15) is 31.7 Å². The highest BCUT2D eigenvalue weighted by atomic mass is 16.3. The molecule has 0 fully saturated rings.